The number of amides is 2. The van der Waals surface area contributed by atoms with E-state index in [1.54, 1.807) is 18.2 Å². The predicted octanol–water partition coefficient (Wildman–Crippen LogP) is 2.90. The molecule has 0 bridgehead atoms. The van der Waals surface area contributed by atoms with E-state index in [2.05, 4.69) is 11.9 Å². The van der Waals surface area contributed by atoms with Gasteiger partial charge in [-0.2, -0.15) is 0 Å². The summed E-state index contributed by atoms with van der Waals surface area (Å²) in [5.41, 5.74) is 7.92. The zero-order chi connectivity index (χ0) is 16.7. The largest absolute Gasteiger partial charge is 0.368 e. The highest BCUT2D eigenvalue weighted by atomic mass is 16.2. The maximum atomic E-state index is 12.2. The number of nitrogens with two attached hydrogens (primary N) is 1. The van der Waals surface area contributed by atoms with Gasteiger partial charge in [-0.05, 0) is 36.1 Å². The Kier molecular flexibility index (Phi) is 5.69. The Labute approximate surface area is 136 Å². The van der Waals surface area contributed by atoms with E-state index in [-0.39, 0.29) is 5.91 Å². The van der Waals surface area contributed by atoms with Crippen molar-refractivity contribution < 1.29 is 9.59 Å². The molecule has 1 atom stereocenters. The highest BCUT2D eigenvalue weighted by Gasteiger charge is 2.18. The molecule has 2 aromatic rings. The fourth-order valence-corrected chi connectivity index (χ4v) is 2.26. The second-order valence-electron chi connectivity index (χ2n) is 5.24. The average molecular weight is 308 g/mol. The fraction of sp³-hybridized carbons (Fsp3) is 0.158. The topological polar surface area (TPSA) is 72.2 Å². The van der Waals surface area contributed by atoms with Crippen LogP contribution in [0.1, 0.15) is 23.2 Å². The van der Waals surface area contributed by atoms with Crippen LogP contribution in [0.4, 0.5) is 0 Å². The standard InChI is InChI=1S/C19H20N2O2/c1-2-3-9-17(18(20)22)21-19(23)16-12-10-15(11-13-16)14-7-5-4-6-8-14/h2,4-8,10-13,17H,1,3,9H2,(H2,20,22)(H,21,23)/t17-/m0/s1. The summed E-state index contributed by atoms with van der Waals surface area (Å²) in [6.07, 6.45) is 2.75. The number of primary amides is 1. The van der Waals surface area contributed by atoms with Crippen molar-refractivity contribution in [3.63, 3.8) is 0 Å². The molecule has 3 N–H and O–H groups in total. The zero-order valence-electron chi connectivity index (χ0n) is 12.9. The quantitative estimate of drug-likeness (QED) is 0.772. The number of benzene rings is 2. The Bertz CT molecular complexity index is 678. The van der Waals surface area contributed by atoms with E-state index in [9.17, 15) is 9.59 Å². The van der Waals surface area contributed by atoms with Crippen molar-refractivity contribution in [2.24, 2.45) is 5.73 Å². The van der Waals surface area contributed by atoms with Crippen LogP contribution in [0.15, 0.2) is 67.3 Å². The second kappa shape index (κ2) is 7.94. The summed E-state index contributed by atoms with van der Waals surface area (Å²) >= 11 is 0. The number of carbonyl (C=O) groups excluding carboxylic acids is 2. The number of rotatable bonds is 7. The van der Waals surface area contributed by atoms with Crippen molar-refractivity contribution in [1.82, 2.24) is 5.32 Å². The molecule has 0 aliphatic rings. The molecule has 118 valence electrons. The maximum Gasteiger partial charge on any atom is 0.251 e. The predicted molar refractivity (Wildman–Crippen MR) is 91.8 cm³/mol. The van der Waals surface area contributed by atoms with Crippen molar-refractivity contribution in [3.05, 3.63) is 72.8 Å². The summed E-state index contributed by atoms with van der Waals surface area (Å²) < 4.78 is 0. The lowest BCUT2D eigenvalue weighted by Crippen LogP contribution is -2.44. The molecule has 2 amide bonds. The van der Waals surface area contributed by atoms with Crippen LogP contribution < -0.4 is 11.1 Å². The van der Waals surface area contributed by atoms with E-state index < -0.39 is 11.9 Å². The number of allylic oxidation sites excluding steroid dienone is 1. The van der Waals surface area contributed by atoms with E-state index in [4.69, 9.17) is 5.73 Å². The summed E-state index contributed by atoms with van der Waals surface area (Å²) in [5.74, 6) is -0.849. The van der Waals surface area contributed by atoms with Gasteiger partial charge in [0.15, 0.2) is 0 Å². The second-order valence-corrected chi connectivity index (χ2v) is 5.24. The summed E-state index contributed by atoms with van der Waals surface area (Å²) in [5, 5.41) is 2.67. The normalized spacial score (nSPS) is 11.5. The van der Waals surface area contributed by atoms with Crippen molar-refractivity contribution in [1.29, 1.82) is 0 Å². The van der Waals surface area contributed by atoms with Crippen molar-refractivity contribution in [2.45, 2.75) is 18.9 Å². The van der Waals surface area contributed by atoms with Crippen LogP contribution in [-0.2, 0) is 4.79 Å². The number of nitrogens with one attached hydrogen (secondary N) is 1. The molecule has 0 aromatic heterocycles. The van der Waals surface area contributed by atoms with E-state index in [0.717, 1.165) is 11.1 Å². The molecule has 0 aliphatic heterocycles. The molecule has 0 aliphatic carbocycles. The van der Waals surface area contributed by atoms with Gasteiger partial charge >= 0.3 is 0 Å². The molecule has 0 unspecified atom stereocenters. The molecule has 4 nitrogen and oxygen atoms in total. The highest BCUT2D eigenvalue weighted by Crippen LogP contribution is 2.19. The monoisotopic (exact) mass is 308 g/mol. The van der Waals surface area contributed by atoms with Gasteiger partial charge in [-0.25, -0.2) is 0 Å². The van der Waals surface area contributed by atoms with E-state index in [1.165, 1.54) is 0 Å². The van der Waals surface area contributed by atoms with Crippen LogP contribution in [0.2, 0.25) is 0 Å². The first-order valence-electron chi connectivity index (χ1n) is 7.48. The van der Waals surface area contributed by atoms with Crippen molar-refractivity contribution in [3.8, 4) is 11.1 Å². The van der Waals surface area contributed by atoms with Crippen molar-refractivity contribution in [2.75, 3.05) is 0 Å². The Balaban J connectivity index is 2.07. The molecule has 0 spiro atoms. The molecule has 4 heteroatoms. The summed E-state index contributed by atoms with van der Waals surface area (Å²) in [6, 6.07) is 16.5. The lowest BCUT2D eigenvalue weighted by molar-refractivity contribution is -0.119. The first-order chi connectivity index (χ1) is 11.1. The van der Waals surface area contributed by atoms with Crippen LogP contribution in [0.5, 0.6) is 0 Å². The summed E-state index contributed by atoms with van der Waals surface area (Å²) in [7, 11) is 0. The SMILES string of the molecule is C=CCC[C@H](NC(=O)c1ccc(-c2ccccc2)cc1)C(N)=O. The van der Waals surface area contributed by atoms with Crippen LogP contribution in [0.3, 0.4) is 0 Å². The van der Waals surface area contributed by atoms with Crippen LogP contribution in [0, 0.1) is 0 Å². The third-order valence-corrected chi connectivity index (χ3v) is 3.56. The molecule has 0 radical (unpaired) electrons. The Morgan fingerprint density at radius 1 is 1.04 bits per heavy atom. The third-order valence-electron chi connectivity index (χ3n) is 3.56. The van der Waals surface area contributed by atoms with Crippen molar-refractivity contribution >= 4 is 11.8 Å². The highest BCUT2D eigenvalue weighted by molar-refractivity contribution is 5.97. The van der Waals surface area contributed by atoms with Gasteiger partial charge in [0.1, 0.15) is 6.04 Å². The smallest absolute Gasteiger partial charge is 0.251 e. The van der Waals surface area contributed by atoms with Gasteiger partial charge in [-0.15, -0.1) is 6.58 Å². The Hall–Kier alpha value is -2.88. The number of hydrogen-bond donors (Lipinski definition) is 2. The maximum absolute atomic E-state index is 12.2. The van der Waals surface area contributed by atoms with Gasteiger partial charge in [0, 0.05) is 5.56 Å². The summed E-state index contributed by atoms with van der Waals surface area (Å²) in [4.78, 5) is 23.6. The van der Waals surface area contributed by atoms with Gasteiger partial charge < -0.3 is 11.1 Å². The zero-order valence-corrected chi connectivity index (χ0v) is 12.9. The van der Waals surface area contributed by atoms with Gasteiger partial charge in [-0.3, -0.25) is 9.59 Å². The minimum absolute atomic E-state index is 0.308. The molecule has 0 heterocycles. The Morgan fingerprint density at radius 3 is 2.22 bits per heavy atom. The van der Waals surface area contributed by atoms with Crippen LogP contribution in [-0.4, -0.2) is 17.9 Å². The lowest BCUT2D eigenvalue weighted by Gasteiger charge is -2.14. The molecule has 0 saturated carbocycles. The number of hydrogen-bond acceptors (Lipinski definition) is 2. The summed E-state index contributed by atoms with van der Waals surface area (Å²) in [6.45, 7) is 3.60. The Morgan fingerprint density at radius 2 is 1.65 bits per heavy atom. The van der Waals surface area contributed by atoms with E-state index >= 15 is 0 Å². The molecule has 23 heavy (non-hydrogen) atoms. The number of carbonyl (C=O) groups is 2. The van der Waals surface area contributed by atoms with E-state index in [1.807, 2.05) is 42.5 Å². The molecule has 2 rings (SSSR count). The van der Waals surface area contributed by atoms with Gasteiger partial charge in [0.25, 0.3) is 5.91 Å². The first-order valence-corrected chi connectivity index (χ1v) is 7.48. The minimum Gasteiger partial charge on any atom is -0.368 e. The van der Waals surface area contributed by atoms with Gasteiger partial charge in [0.05, 0.1) is 0 Å². The fourth-order valence-electron chi connectivity index (χ4n) is 2.26. The molecular weight excluding hydrogens is 288 g/mol. The molecule has 2 aromatic carbocycles. The molecular formula is C19H20N2O2. The third kappa shape index (κ3) is 4.54. The lowest BCUT2D eigenvalue weighted by atomic mass is 10.0. The first kappa shape index (κ1) is 16.5. The van der Waals surface area contributed by atoms with Gasteiger partial charge in [-0.1, -0.05) is 48.5 Å². The molecule has 0 saturated heterocycles. The molecule has 0 fully saturated rings. The average Bonchev–Trinajstić information content (AvgIpc) is 2.59. The van der Waals surface area contributed by atoms with Crippen LogP contribution >= 0.6 is 0 Å². The minimum atomic E-state index is -0.686. The van der Waals surface area contributed by atoms with Gasteiger partial charge in [0.2, 0.25) is 5.91 Å². The van der Waals surface area contributed by atoms with Crippen LogP contribution in [0.25, 0.3) is 11.1 Å². The van der Waals surface area contributed by atoms with E-state index in [0.29, 0.717) is 18.4 Å².